The lowest BCUT2D eigenvalue weighted by molar-refractivity contribution is -0.123. The Morgan fingerprint density at radius 1 is 1.11 bits per heavy atom. The summed E-state index contributed by atoms with van der Waals surface area (Å²) in [5, 5.41) is 12.7. The van der Waals surface area contributed by atoms with Crippen LogP contribution < -0.4 is 26.4 Å². The molecule has 36 heavy (non-hydrogen) atoms. The van der Waals surface area contributed by atoms with Gasteiger partial charge in [-0.15, -0.1) is 0 Å². The molecule has 0 bridgehead atoms. The largest absolute Gasteiger partial charge is 0.508 e. The number of carbonyl (C=O) groups is 3. The number of amides is 3. The lowest BCUT2D eigenvalue weighted by Crippen LogP contribution is -2.49. The van der Waals surface area contributed by atoms with E-state index in [1.54, 1.807) is 36.4 Å². The van der Waals surface area contributed by atoms with E-state index >= 15 is 0 Å². The third kappa shape index (κ3) is 5.92. The summed E-state index contributed by atoms with van der Waals surface area (Å²) in [7, 11) is 0. The highest BCUT2D eigenvalue weighted by molar-refractivity contribution is 7.09. The number of primary amides is 1. The summed E-state index contributed by atoms with van der Waals surface area (Å²) in [4.78, 5) is 40.6. The Morgan fingerprint density at radius 2 is 1.72 bits per heavy atom. The van der Waals surface area contributed by atoms with Gasteiger partial charge in [0.15, 0.2) is 5.69 Å². The number of nitrogen functional groups attached to an aromatic ring is 1. The second kappa shape index (κ2) is 10.6. The van der Waals surface area contributed by atoms with Gasteiger partial charge in [-0.3, -0.25) is 19.3 Å². The number of nitrogens with two attached hydrogens (primary N) is 2. The quantitative estimate of drug-likeness (QED) is 0.361. The topological polar surface area (TPSA) is 161 Å². The first-order chi connectivity index (χ1) is 16.9. The first-order valence-corrected chi connectivity index (χ1v) is 11.9. The van der Waals surface area contributed by atoms with Crippen LogP contribution in [0, 0.1) is 0 Å². The number of phenols is 1. The van der Waals surface area contributed by atoms with Gasteiger partial charge in [0.2, 0.25) is 5.91 Å². The van der Waals surface area contributed by atoms with Crippen LogP contribution in [0.3, 0.4) is 0 Å². The fraction of sp³-hybridized carbons (Fsp3) is 0.280. The summed E-state index contributed by atoms with van der Waals surface area (Å²) in [6.45, 7) is 7.77. The van der Waals surface area contributed by atoms with Gasteiger partial charge in [0.05, 0.1) is 12.3 Å². The highest BCUT2D eigenvalue weighted by Gasteiger charge is 2.37. The number of aromatic hydroxyl groups is 1. The number of carbonyl (C=O) groups excluding carboxylic acids is 3. The Bertz CT molecular complexity index is 1250. The van der Waals surface area contributed by atoms with Crippen molar-refractivity contribution in [3.8, 4) is 11.5 Å². The lowest BCUT2D eigenvalue weighted by atomic mass is 10.00. The average Bonchev–Trinajstić information content (AvgIpc) is 3.19. The Labute approximate surface area is 213 Å². The number of nitrogens with zero attached hydrogens (tertiary/aromatic N) is 2. The molecule has 0 saturated carbocycles. The average molecular weight is 512 g/mol. The molecule has 3 aromatic rings. The van der Waals surface area contributed by atoms with Crippen LogP contribution in [0.5, 0.6) is 11.5 Å². The Hall–Kier alpha value is -4.12. The summed E-state index contributed by atoms with van der Waals surface area (Å²) in [6.07, 6.45) is 0. The van der Waals surface area contributed by atoms with Crippen molar-refractivity contribution in [1.82, 2.24) is 9.69 Å². The maximum Gasteiger partial charge on any atom is 0.273 e. The minimum Gasteiger partial charge on any atom is -0.508 e. The standard InChI is InChI=1S/C25H29N5O5S/c1-5-35-17-12-8-15(9-13-17)30(24(34)21-18(26)19(22(27)32)29-36-21)20(23(33)28-25(2,3)4)14-6-10-16(31)11-7-14/h6-13,20,31H,5,26H2,1-4H3,(H2,27,32)(H,28,33). The SMILES string of the molecule is CCOc1ccc(N(C(=O)c2snc(C(N)=O)c2N)C(C(=O)NC(C)(C)C)c2ccc(O)cc2)cc1. The molecular formula is C25H29N5O5S. The van der Waals surface area contributed by atoms with Crippen LogP contribution in [0.4, 0.5) is 11.4 Å². The molecular weight excluding hydrogens is 482 g/mol. The Kier molecular flexibility index (Phi) is 7.83. The molecule has 1 atom stereocenters. The highest BCUT2D eigenvalue weighted by Crippen LogP contribution is 2.34. The smallest absolute Gasteiger partial charge is 0.273 e. The molecule has 1 unspecified atom stereocenters. The lowest BCUT2D eigenvalue weighted by Gasteiger charge is -2.33. The van der Waals surface area contributed by atoms with Gasteiger partial charge in [-0.05, 0) is 81.2 Å². The van der Waals surface area contributed by atoms with Crippen LogP contribution in [0.15, 0.2) is 48.5 Å². The number of ether oxygens (including phenoxy) is 1. The van der Waals surface area contributed by atoms with Crippen LogP contribution in [0.1, 0.15) is 59.5 Å². The van der Waals surface area contributed by atoms with E-state index in [-0.39, 0.29) is 22.0 Å². The molecule has 3 rings (SSSR count). The molecule has 0 spiro atoms. The molecule has 2 aromatic carbocycles. The number of phenolic OH excluding ortho intramolecular Hbond substituents is 1. The van der Waals surface area contributed by atoms with Crippen molar-refractivity contribution >= 4 is 40.6 Å². The zero-order valence-corrected chi connectivity index (χ0v) is 21.3. The first kappa shape index (κ1) is 26.5. The number of hydrogen-bond acceptors (Lipinski definition) is 8. The molecule has 6 N–H and O–H groups in total. The summed E-state index contributed by atoms with van der Waals surface area (Å²) < 4.78 is 9.46. The van der Waals surface area contributed by atoms with Gasteiger partial charge in [-0.2, -0.15) is 4.37 Å². The summed E-state index contributed by atoms with van der Waals surface area (Å²) in [5.41, 5.74) is 11.2. The van der Waals surface area contributed by atoms with E-state index in [2.05, 4.69) is 9.69 Å². The van der Waals surface area contributed by atoms with E-state index < -0.39 is 29.3 Å². The molecule has 11 heteroatoms. The van der Waals surface area contributed by atoms with Crippen LogP contribution >= 0.6 is 11.5 Å². The molecule has 0 fully saturated rings. The molecule has 1 aromatic heterocycles. The number of anilines is 2. The number of hydrogen-bond donors (Lipinski definition) is 4. The van der Waals surface area contributed by atoms with Gasteiger partial charge >= 0.3 is 0 Å². The molecule has 0 saturated heterocycles. The second-order valence-corrected chi connectivity index (χ2v) is 9.75. The molecule has 0 aliphatic rings. The van der Waals surface area contributed by atoms with Crippen LogP contribution in [-0.2, 0) is 4.79 Å². The van der Waals surface area contributed by atoms with Crippen molar-refractivity contribution in [1.29, 1.82) is 0 Å². The number of benzene rings is 2. The van der Waals surface area contributed by atoms with Crippen molar-refractivity contribution in [2.45, 2.75) is 39.3 Å². The maximum atomic E-state index is 14.0. The minimum absolute atomic E-state index is 0.00507. The predicted molar refractivity (Wildman–Crippen MR) is 138 cm³/mol. The fourth-order valence-electron chi connectivity index (χ4n) is 3.50. The summed E-state index contributed by atoms with van der Waals surface area (Å²) in [5.74, 6) is -1.39. The fourth-order valence-corrected chi connectivity index (χ4v) is 4.25. The third-order valence-electron chi connectivity index (χ3n) is 5.01. The molecule has 10 nitrogen and oxygen atoms in total. The van der Waals surface area contributed by atoms with Crippen molar-refractivity contribution in [2.24, 2.45) is 5.73 Å². The first-order valence-electron chi connectivity index (χ1n) is 11.1. The molecule has 1 heterocycles. The van der Waals surface area contributed by atoms with Crippen LogP contribution in [0.2, 0.25) is 0 Å². The molecule has 0 aliphatic carbocycles. The zero-order valence-electron chi connectivity index (χ0n) is 20.4. The van der Waals surface area contributed by atoms with Gasteiger partial charge in [0.1, 0.15) is 22.4 Å². The third-order valence-corrected chi connectivity index (χ3v) is 5.86. The van der Waals surface area contributed by atoms with Gasteiger partial charge < -0.3 is 26.6 Å². The highest BCUT2D eigenvalue weighted by atomic mass is 32.1. The summed E-state index contributed by atoms with van der Waals surface area (Å²) >= 11 is 0.723. The van der Waals surface area contributed by atoms with Crippen molar-refractivity contribution < 1.29 is 24.2 Å². The van der Waals surface area contributed by atoms with E-state index in [0.29, 0.717) is 23.6 Å². The van der Waals surface area contributed by atoms with E-state index in [1.165, 1.54) is 17.0 Å². The Balaban J connectivity index is 2.21. The second-order valence-electron chi connectivity index (χ2n) is 8.97. The minimum atomic E-state index is -1.16. The van der Waals surface area contributed by atoms with E-state index in [9.17, 15) is 19.5 Å². The number of aromatic nitrogens is 1. The van der Waals surface area contributed by atoms with E-state index in [0.717, 1.165) is 11.5 Å². The normalized spacial score (nSPS) is 12.0. The molecule has 190 valence electrons. The van der Waals surface area contributed by atoms with Gasteiger partial charge in [0, 0.05) is 11.2 Å². The van der Waals surface area contributed by atoms with Gasteiger partial charge in [-0.1, -0.05) is 12.1 Å². The van der Waals surface area contributed by atoms with Crippen LogP contribution in [0.25, 0.3) is 0 Å². The van der Waals surface area contributed by atoms with E-state index in [4.69, 9.17) is 16.2 Å². The molecule has 0 radical (unpaired) electrons. The van der Waals surface area contributed by atoms with Gasteiger partial charge in [-0.25, -0.2) is 0 Å². The maximum absolute atomic E-state index is 14.0. The molecule has 3 amide bonds. The van der Waals surface area contributed by atoms with Gasteiger partial charge in [0.25, 0.3) is 11.8 Å². The van der Waals surface area contributed by atoms with Crippen molar-refractivity contribution in [3.05, 3.63) is 64.7 Å². The number of rotatable bonds is 8. The predicted octanol–water partition coefficient (Wildman–Crippen LogP) is 3.23. The van der Waals surface area contributed by atoms with E-state index in [1.807, 2.05) is 27.7 Å². The Morgan fingerprint density at radius 3 is 2.22 bits per heavy atom. The van der Waals surface area contributed by atoms with Crippen molar-refractivity contribution in [2.75, 3.05) is 17.2 Å². The molecule has 0 aliphatic heterocycles. The summed E-state index contributed by atoms with van der Waals surface area (Å²) in [6, 6.07) is 11.5. The van der Waals surface area contributed by atoms with Crippen LogP contribution in [-0.4, -0.2) is 39.3 Å². The zero-order chi connectivity index (χ0) is 26.6. The monoisotopic (exact) mass is 511 g/mol. The number of nitrogens with one attached hydrogen (secondary N) is 1. The van der Waals surface area contributed by atoms with Crippen molar-refractivity contribution in [3.63, 3.8) is 0 Å².